The molecule has 3 atom stereocenters. The van der Waals surface area contributed by atoms with Crippen LogP contribution in [0.3, 0.4) is 0 Å². The molecule has 1 aromatic heterocycles. The topological polar surface area (TPSA) is 60.2 Å². The van der Waals surface area contributed by atoms with Crippen LogP contribution in [-0.4, -0.2) is 23.8 Å². The van der Waals surface area contributed by atoms with Crippen LogP contribution in [0.15, 0.2) is 4.52 Å². The van der Waals surface area contributed by atoms with Crippen molar-refractivity contribution in [3.63, 3.8) is 0 Å². The number of nitrogens with one attached hydrogen (secondary N) is 1. The van der Waals surface area contributed by atoms with Crippen LogP contribution in [0.5, 0.6) is 0 Å². The minimum absolute atomic E-state index is 0.0616. The summed E-state index contributed by atoms with van der Waals surface area (Å²) in [5.41, 5.74) is 0. The van der Waals surface area contributed by atoms with Crippen LogP contribution in [-0.2, 0) is 4.74 Å². The van der Waals surface area contributed by atoms with Crippen LogP contribution < -0.4 is 5.32 Å². The maximum absolute atomic E-state index is 5.33. The van der Waals surface area contributed by atoms with Crippen molar-refractivity contribution < 1.29 is 9.26 Å². The number of rotatable bonds is 4. The van der Waals surface area contributed by atoms with Gasteiger partial charge in [0.1, 0.15) is 6.10 Å². The Bertz CT molecular complexity index is 349. The first-order valence-corrected chi connectivity index (χ1v) is 6.34. The molecular formula is C12H21N3O2. The summed E-state index contributed by atoms with van der Waals surface area (Å²) >= 11 is 0. The summed E-state index contributed by atoms with van der Waals surface area (Å²) in [5, 5.41) is 7.42. The molecule has 5 nitrogen and oxygen atoms in total. The quantitative estimate of drug-likeness (QED) is 0.873. The second-order valence-corrected chi connectivity index (χ2v) is 4.76. The molecule has 0 saturated carbocycles. The van der Waals surface area contributed by atoms with E-state index in [4.69, 9.17) is 9.26 Å². The number of piperidine rings is 1. The lowest BCUT2D eigenvalue weighted by Crippen LogP contribution is -2.31. The lowest BCUT2D eigenvalue weighted by atomic mass is 9.94. The molecule has 5 heteroatoms. The van der Waals surface area contributed by atoms with E-state index in [0.29, 0.717) is 17.6 Å². The third-order valence-corrected chi connectivity index (χ3v) is 3.36. The minimum Gasteiger partial charge on any atom is -0.373 e. The number of aromatic nitrogens is 2. The van der Waals surface area contributed by atoms with Gasteiger partial charge in [-0.2, -0.15) is 4.98 Å². The molecule has 17 heavy (non-hydrogen) atoms. The average molecular weight is 239 g/mol. The van der Waals surface area contributed by atoms with Crippen LogP contribution in [0, 0.1) is 5.92 Å². The van der Waals surface area contributed by atoms with Crippen molar-refractivity contribution in [1.82, 2.24) is 15.5 Å². The molecule has 1 aromatic rings. The highest BCUT2D eigenvalue weighted by atomic mass is 16.5. The fourth-order valence-corrected chi connectivity index (χ4v) is 2.27. The lowest BCUT2D eigenvalue weighted by Gasteiger charge is -2.25. The normalized spacial score (nSPS) is 27.0. The summed E-state index contributed by atoms with van der Waals surface area (Å²) in [4.78, 5) is 4.45. The molecule has 1 N–H and O–H groups in total. The maximum atomic E-state index is 5.33. The average Bonchev–Trinajstić information content (AvgIpc) is 2.80. The van der Waals surface area contributed by atoms with Crippen LogP contribution in [0.1, 0.15) is 57.0 Å². The molecule has 96 valence electrons. The van der Waals surface area contributed by atoms with E-state index >= 15 is 0 Å². The smallest absolute Gasteiger partial charge is 0.243 e. The fourth-order valence-electron chi connectivity index (χ4n) is 2.27. The van der Waals surface area contributed by atoms with E-state index in [1.165, 1.54) is 6.42 Å². The van der Waals surface area contributed by atoms with Gasteiger partial charge in [0.25, 0.3) is 0 Å². The summed E-state index contributed by atoms with van der Waals surface area (Å²) in [6.45, 7) is 5.32. The number of nitrogens with zero attached hydrogens (tertiary/aromatic N) is 2. The van der Waals surface area contributed by atoms with Gasteiger partial charge in [0.05, 0.1) is 6.04 Å². The standard InChI is InChI=1S/C12H21N3O2/c1-4-10(16-3)11-14-12(17-15-11)9-7-8(2)5-6-13-9/h8-10,13H,4-7H2,1-3H3. The van der Waals surface area contributed by atoms with Crippen molar-refractivity contribution in [3.8, 4) is 0 Å². The first kappa shape index (κ1) is 12.5. The summed E-state index contributed by atoms with van der Waals surface area (Å²) in [6.07, 6.45) is 3.07. The van der Waals surface area contributed by atoms with Crippen molar-refractivity contribution >= 4 is 0 Å². The molecule has 1 aliphatic heterocycles. The number of methoxy groups -OCH3 is 1. The zero-order chi connectivity index (χ0) is 12.3. The highest BCUT2D eigenvalue weighted by Crippen LogP contribution is 2.27. The molecule has 0 spiro atoms. The molecule has 1 fully saturated rings. The van der Waals surface area contributed by atoms with E-state index in [2.05, 4.69) is 22.4 Å². The van der Waals surface area contributed by atoms with Crippen LogP contribution in [0.25, 0.3) is 0 Å². The van der Waals surface area contributed by atoms with Gasteiger partial charge in [0, 0.05) is 7.11 Å². The van der Waals surface area contributed by atoms with Crippen LogP contribution in [0.2, 0.25) is 0 Å². The van der Waals surface area contributed by atoms with Gasteiger partial charge < -0.3 is 14.6 Å². The van der Waals surface area contributed by atoms with E-state index in [1.54, 1.807) is 7.11 Å². The van der Waals surface area contributed by atoms with Gasteiger partial charge in [0.2, 0.25) is 11.7 Å². The summed E-state index contributed by atoms with van der Waals surface area (Å²) in [5.74, 6) is 2.06. The Labute approximate surface area is 102 Å². The predicted molar refractivity (Wildman–Crippen MR) is 63.5 cm³/mol. The Balaban J connectivity index is 2.06. The lowest BCUT2D eigenvalue weighted by molar-refractivity contribution is 0.0903. The predicted octanol–water partition coefficient (Wildman–Crippen LogP) is 2.23. The Kier molecular flexibility index (Phi) is 4.12. The molecule has 2 rings (SSSR count). The van der Waals surface area contributed by atoms with E-state index in [0.717, 1.165) is 19.4 Å². The van der Waals surface area contributed by atoms with Crippen molar-refractivity contribution in [2.45, 2.75) is 45.3 Å². The summed E-state index contributed by atoms with van der Waals surface area (Å²) in [6, 6.07) is 0.203. The molecular weight excluding hydrogens is 218 g/mol. The molecule has 0 amide bonds. The minimum atomic E-state index is -0.0616. The Morgan fingerprint density at radius 3 is 3.06 bits per heavy atom. The van der Waals surface area contributed by atoms with Crippen molar-refractivity contribution in [2.24, 2.45) is 5.92 Å². The summed E-state index contributed by atoms with van der Waals surface area (Å²) < 4.78 is 10.6. The molecule has 2 heterocycles. The highest BCUT2D eigenvalue weighted by molar-refractivity contribution is 4.97. The van der Waals surface area contributed by atoms with E-state index in [-0.39, 0.29) is 12.1 Å². The second-order valence-electron chi connectivity index (χ2n) is 4.76. The first-order chi connectivity index (χ1) is 8.24. The van der Waals surface area contributed by atoms with Gasteiger partial charge in [-0.1, -0.05) is 19.0 Å². The highest BCUT2D eigenvalue weighted by Gasteiger charge is 2.26. The fraction of sp³-hybridized carbons (Fsp3) is 0.833. The molecule has 0 bridgehead atoms. The van der Waals surface area contributed by atoms with Gasteiger partial charge in [-0.05, 0) is 31.7 Å². The molecule has 0 aliphatic carbocycles. The number of hydrogen-bond donors (Lipinski definition) is 1. The van der Waals surface area contributed by atoms with Crippen LogP contribution in [0.4, 0.5) is 0 Å². The molecule has 0 aromatic carbocycles. The van der Waals surface area contributed by atoms with Gasteiger partial charge in [-0.3, -0.25) is 0 Å². The molecule has 0 radical (unpaired) electrons. The van der Waals surface area contributed by atoms with Crippen molar-refractivity contribution in [1.29, 1.82) is 0 Å². The second kappa shape index (κ2) is 5.60. The number of ether oxygens (including phenoxy) is 1. The molecule has 1 aliphatic rings. The van der Waals surface area contributed by atoms with Crippen LogP contribution >= 0.6 is 0 Å². The van der Waals surface area contributed by atoms with Crippen molar-refractivity contribution in [3.05, 3.63) is 11.7 Å². The van der Waals surface area contributed by atoms with Gasteiger partial charge in [-0.25, -0.2) is 0 Å². The monoisotopic (exact) mass is 239 g/mol. The third-order valence-electron chi connectivity index (χ3n) is 3.36. The zero-order valence-electron chi connectivity index (χ0n) is 10.8. The molecule has 1 saturated heterocycles. The first-order valence-electron chi connectivity index (χ1n) is 6.34. The van der Waals surface area contributed by atoms with Crippen molar-refractivity contribution in [2.75, 3.05) is 13.7 Å². The third kappa shape index (κ3) is 2.84. The summed E-state index contributed by atoms with van der Waals surface area (Å²) in [7, 11) is 1.67. The van der Waals surface area contributed by atoms with Gasteiger partial charge in [-0.15, -0.1) is 0 Å². The number of hydrogen-bond acceptors (Lipinski definition) is 5. The Hall–Kier alpha value is -0.940. The SMILES string of the molecule is CCC(OC)c1noc(C2CC(C)CCN2)n1. The Morgan fingerprint density at radius 1 is 1.59 bits per heavy atom. The van der Waals surface area contributed by atoms with E-state index in [1.807, 2.05) is 6.92 Å². The Morgan fingerprint density at radius 2 is 2.41 bits per heavy atom. The van der Waals surface area contributed by atoms with E-state index in [9.17, 15) is 0 Å². The van der Waals surface area contributed by atoms with Gasteiger partial charge in [0.15, 0.2) is 0 Å². The van der Waals surface area contributed by atoms with E-state index < -0.39 is 0 Å². The molecule has 3 unspecified atom stereocenters. The largest absolute Gasteiger partial charge is 0.373 e. The zero-order valence-corrected chi connectivity index (χ0v) is 10.8. The van der Waals surface area contributed by atoms with Gasteiger partial charge >= 0.3 is 0 Å². The maximum Gasteiger partial charge on any atom is 0.243 e.